The Morgan fingerprint density at radius 3 is 2.68 bits per heavy atom. The molecular formula is C22H22FN5O2S. The second-order valence-corrected chi connectivity index (χ2v) is 7.69. The van der Waals surface area contributed by atoms with E-state index in [0.29, 0.717) is 34.1 Å². The van der Waals surface area contributed by atoms with Crippen molar-refractivity contribution in [3.63, 3.8) is 0 Å². The van der Waals surface area contributed by atoms with E-state index in [1.807, 2.05) is 11.9 Å². The fraction of sp³-hybridized carbons (Fsp3) is 0.227. The van der Waals surface area contributed by atoms with E-state index >= 15 is 0 Å². The highest BCUT2D eigenvalue weighted by Gasteiger charge is 2.20. The topological polar surface area (TPSA) is 71.8 Å². The Morgan fingerprint density at radius 2 is 2.03 bits per heavy atom. The number of carbonyl (C=O) groups excluding carboxylic acids is 1. The molecule has 0 spiro atoms. The first-order valence-electron chi connectivity index (χ1n) is 9.68. The quantitative estimate of drug-likeness (QED) is 0.597. The SMILES string of the molecule is COc1ccc(-n2nc(C)cc2C(=O)Nc2ccc(C3=NCCN3C)cc2F)c(S)c1. The average molecular weight is 440 g/mol. The van der Waals surface area contributed by atoms with Crippen molar-refractivity contribution in [3.05, 3.63) is 65.2 Å². The summed E-state index contributed by atoms with van der Waals surface area (Å²) >= 11 is 4.49. The van der Waals surface area contributed by atoms with Crippen LogP contribution in [0.5, 0.6) is 5.75 Å². The number of likely N-dealkylation sites (N-methyl/N-ethyl adjacent to an activating group) is 1. The zero-order chi connectivity index (χ0) is 22.1. The van der Waals surface area contributed by atoms with Gasteiger partial charge in [-0.15, -0.1) is 12.6 Å². The third kappa shape index (κ3) is 4.13. The zero-order valence-electron chi connectivity index (χ0n) is 17.4. The Bertz CT molecular complexity index is 1190. The number of thiol groups is 1. The number of methoxy groups -OCH3 is 1. The summed E-state index contributed by atoms with van der Waals surface area (Å²) in [4.78, 5) is 19.9. The lowest BCUT2D eigenvalue weighted by Gasteiger charge is -2.15. The van der Waals surface area contributed by atoms with Gasteiger partial charge in [0.1, 0.15) is 23.1 Å². The summed E-state index contributed by atoms with van der Waals surface area (Å²) in [5.41, 5.74) is 2.28. The maximum Gasteiger partial charge on any atom is 0.274 e. The second-order valence-electron chi connectivity index (χ2n) is 7.21. The first-order chi connectivity index (χ1) is 14.9. The van der Waals surface area contributed by atoms with Gasteiger partial charge in [0.2, 0.25) is 0 Å². The van der Waals surface area contributed by atoms with Crippen LogP contribution in [0, 0.1) is 12.7 Å². The lowest BCUT2D eigenvalue weighted by atomic mass is 10.1. The molecule has 0 saturated heterocycles. The first-order valence-corrected chi connectivity index (χ1v) is 10.1. The van der Waals surface area contributed by atoms with Crippen molar-refractivity contribution in [2.75, 3.05) is 32.6 Å². The predicted molar refractivity (Wildman–Crippen MR) is 120 cm³/mol. The summed E-state index contributed by atoms with van der Waals surface area (Å²) < 4.78 is 21.4. The van der Waals surface area contributed by atoms with Gasteiger partial charge in [0, 0.05) is 24.1 Å². The van der Waals surface area contributed by atoms with Crippen LogP contribution in [0.3, 0.4) is 0 Å². The highest BCUT2D eigenvalue weighted by atomic mass is 32.1. The number of hydrogen-bond acceptors (Lipinski definition) is 6. The molecule has 0 radical (unpaired) electrons. The Morgan fingerprint density at radius 1 is 1.23 bits per heavy atom. The summed E-state index contributed by atoms with van der Waals surface area (Å²) in [6.07, 6.45) is 0. The Balaban J connectivity index is 1.62. The molecule has 1 aliphatic rings. The number of amides is 1. The number of nitrogens with zero attached hydrogens (tertiary/aromatic N) is 4. The van der Waals surface area contributed by atoms with E-state index in [1.54, 1.807) is 50.4 Å². The van der Waals surface area contributed by atoms with Crippen molar-refractivity contribution < 1.29 is 13.9 Å². The number of aryl methyl sites for hydroxylation is 1. The standard InChI is InChI=1S/C22H22FN5O2S/c1-13-10-19(28(26-13)18-7-5-15(30-3)12-20(18)31)22(29)25-17-6-4-14(11-16(17)23)21-24-8-9-27(21)2/h4-7,10-12,31H,8-9H2,1-3H3,(H,25,29). The van der Waals surface area contributed by atoms with Gasteiger partial charge in [-0.3, -0.25) is 9.79 Å². The lowest BCUT2D eigenvalue weighted by Crippen LogP contribution is -2.23. The number of aliphatic imine (C=N–C) groups is 1. The van der Waals surface area contributed by atoms with Crippen LogP contribution in [0.15, 0.2) is 52.4 Å². The minimum atomic E-state index is -0.532. The number of hydrogen-bond donors (Lipinski definition) is 2. The summed E-state index contributed by atoms with van der Waals surface area (Å²) in [5, 5.41) is 7.05. The molecule has 0 atom stereocenters. The minimum absolute atomic E-state index is 0.0845. The van der Waals surface area contributed by atoms with Crippen molar-refractivity contribution >= 4 is 30.1 Å². The second kappa shape index (κ2) is 8.43. The number of ether oxygens (including phenoxy) is 1. The zero-order valence-corrected chi connectivity index (χ0v) is 18.3. The van der Waals surface area contributed by atoms with Crippen LogP contribution in [0.25, 0.3) is 5.69 Å². The molecule has 0 bridgehead atoms. The van der Waals surface area contributed by atoms with Gasteiger partial charge in [0.05, 0.1) is 30.7 Å². The predicted octanol–water partition coefficient (Wildman–Crippen LogP) is 3.56. The Kier molecular flexibility index (Phi) is 5.69. The maximum absolute atomic E-state index is 14.7. The number of carbonyl (C=O) groups is 1. The smallest absolute Gasteiger partial charge is 0.274 e. The molecule has 1 N–H and O–H groups in total. The largest absolute Gasteiger partial charge is 0.497 e. The van der Waals surface area contributed by atoms with Gasteiger partial charge in [-0.25, -0.2) is 9.07 Å². The van der Waals surface area contributed by atoms with E-state index in [9.17, 15) is 9.18 Å². The average Bonchev–Trinajstić information content (AvgIpc) is 3.34. The van der Waals surface area contributed by atoms with Crippen LogP contribution >= 0.6 is 12.6 Å². The van der Waals surface area contributed by atoms with Gasteiger partial charge < -0.3 is 15.0 Å². The monoisotopic (exact) mass is 439 g/mol. The molecule has 1 aliphatic heterocycles. The van der Waals surface area contributed by atoms with E-state index in [2.05, 4.69) is 28.0 Å². The maximum atomic E-state index is 14.7. The van der Waals surface area contributed by atoms with Gasteiger partial charge in [-0.1, -0.05) is 0 Å². The molecule has 9 heteroatoms. The van der Waals surface area contributed by atoms with E-state index in [1.165, 1.54) is 10.7 Å². The van der Waals surface area contributed by atoms with Gasteiger partial charge in [0.15, 0.2) is 0 Å². The molecule has 0 fully saturated rings. The number of anilines is 1. The molecule has 2 heterocycles. The lowest BCUT2D eigenvalue weighted by molar-refractivity contribution is 0.101. The van der Waals surface area contributed by atoms with Crippen molar-refractivity contribution in [1.29, 1.82) is 0 Å². The molecule has 0 aliphatic carbocycles. The molecule has 3 aromatic rings. The van der Waals surface area contributed by atoms with Crippen molar-refractivity contribution in [2.45, 2.75) is 11.8 Å². The molecule has 1 amide bonds. The molecule has 0 unspecified atom stereocenters. The molecule has 0 saturated carbocycles. The third-order valence-electron chi connectivity index (χ3n) is 5.01. The van der Waals surface area contributed by atoms with Crippen molar-refractivity contribution in [1.82, 2.24) is 14.7 Å². The number of amidine groups is 1. The van der Waals surface area contributed by atoms with Gasteiger partial charge in [0.25, 0.3) is 5.91 Å². The van der Waals surface area contributed by atoms with Gasteiger partial charge in [-0.2, -0.15) is 5.10 Å². The Hall–Kier alpha value is -3.33. The van der Waals surface area contributed by atoms with Gasteiger partial charge in [-0.05, 0) is 49.4 Å². The van der Waals surface area contributed by atoms with Crippen LogP contribution in [0.4, 0.5) is 10.1 Å². The summed E-state index contributed by atoms with van der Waals surface area (Å²) in [5.74, 6) is 0.372. The number of halogens is 1. The van der Waals surface area contributed by atoms with E-state index in [0.717, 1.165) is 12.4 Å². The number of rotatable bonds is 5. The normalized spacial score (nSPS) is 13.3. The van der Waals surface area contributed by atoms with Crippen molar-refractivity contribution in [2.24, 2.45) is 4.99 Å². The molecule has 31 heavy (non-hydrogen) atoms. The van der Waals surface area contributed by atoms with E-state index in [4.69, 9.17) is 4.74 Å². The molecule has 1 aromatic heterocycles. The van der Waals surface area contributed by atoms with Crippen molar-refractivity contribution in [3.8, 4) is 11.4 Å². The van der Waals surface area contributed by atoms with Crippen LogP contribution in [0.2, 0.25) is 0 Å². The summed E-state index contributed by atoms with van der Waals surface area (Å²) in [6.45, 7) is 3.27. The van der Waals surface area contributed by atoms with Crippen LogP contribution < -0.4 is 10.1 Å². The third-order valence-corrected chi connectivity index (χ3v) is 5.37. The summed E-state index contributed by atoms with van der Waals surface area (Å²) in [7, 11) is 3.48. The first kappa shape index (κ1) is 20.9. The van der Waals surface area contributed by atoms with E-state index in [-0.39, 0.29) is 11.4 Å². The van der Waals surface area contributed by atoms with Crippen LogP contribution in [-0.4, -0.2) is 53.7 Å². The van der Waals surface area contributed by atoms with Crippen LogP contribution in [0.1, 0.15) is 21.7 Å². The number of benzene rings is 2. The minimum Gasteiger partial charge on any atom is -0.497 e. The molecule has 4 rings (SSSR count). The van der Waals surface area contributed by atoms with Crippen LogP contribution in [-0.2, 0) is 0 Å². The molecular weight excluding hydrogens is 417 g/mol. The fourth-order valence-electron chi connectivity index (χ4n) is 3.44. The highest BCUT2D eigenvalue weighted by Crippen LogP contribution is 2.26. The fourth-order valence-corrected chi connectivity index (χ4v) is 3.74. The number of nitrogens with one attached hydrogen (secondary N) is 1. The molecule has 2 aromatic carbocycles. The van der Waals surface area contributed by atoms with E-state index < -0.39 is 11.7 Å². The molecule has 7 nitrogen and oxygen atoms in total. The Labute approximate surface area is 185 Å². The number of aromatic nitrogens is 2. The van der Waals surface area contributed by atoms with Gasteiger partial charge >= 0.3 is 0 Å². The summed E-state index contributed by atoms with van der Waals surface area (Å²) in [6, 6.07) is 11.6. The highest BCUT2D eigenvalue weighted by molar-refractivity contribution is 7.80. The molecule has 160 valence electrons.